The topological polar surface area (TPSA) is 39.9 Å². The van der Waals surface area contributed by atoms with Crippen molar-refractivity contribution in [3.05, 3.63) is 36.0 Å². The predicted octanol–water partition coefficient (Wildman–Crippen LogP) is 2.02. The molecule has 0 unspecified atom stereocenters. The monoisotopic (exact) mass is 229 g/mol. The van der Waals surface area contributed by atoms with Crippen LogP contribution >= 0.6 is 0 Å². The average Bonchev–Trinajstić information content (AvgIpc) is 2.60. The summed E-state index contributed by atoms with van der Waals surface area (Å²) in [5.41, 5.74) is 0. The molecule has 4 nitrogen and oxygen atoms in total. The zero-order chi connectivity index (χ0) is 11.7. The van der Waals surface area contributed by atoms with Gasteiger partial charge in [-0.25, -0.2) is 8.78 Å². The summed E-state index contributed by atoms with van der Waals surface area (Å²) >= 11 is 0. The molecule has 0 spiro atoms. The Bertz CT molecular complexity index is 527. The molecule has 2 aromatic rings. The van der Waals surface area contributed by atoms with Gasteiger partial charge >= 0.3 is 0 Å². The first-order valence-corrected chi connectivity index (χ1v) is 4.24. The van der Waals surface area contributed by atoms with Crippen LogP contribution in [-0.4, -0.2) is 14.8 Å². The molecular formula is C9H6F3N3O. The molecule has 0 saturated carbocycles. The second-order valence-electron chi connectivity index (χ2n) is 3.00. The largest absolute Gasteiger partial charge is 0.433 e. The van der Waals surface area contributed by atoms with Gasteiger partial charge in [0.25, 0.3) is 11.8 Å². The van der Waals surface area contributed by atoms with Crippen LogP contribution in [0.15, 0.2) is 18.5 Å². The van der Waals surface area contributed by atoms with Crippen LogP contribution in [0.4, 0.5) is 13.2 Å². The second-order valence-corrected chi connectivity index (χ2v) is 3.00. The summed E-state index contributed by atoms with van der Waals surface area (Å²) in [6.07, 6.45) is 2.73. The molecule has 2 heterocycles. The van der Waals surface area contributed by atoms with E-state index in [1.807, 2.05) is 0 Å². The van der Waals surface area contributed by atoms with Crippen molar-refractivity contribution in [2.45, 2.75) is 0 Å². The van der Waals surface area contributed by atoms with Crippen LogP contribution in [0.25, 0.3) is 0 Å². The van der Waals surface area contributed by atoms with Gasteiger partial charge in [-0.1, -0.05) is 0 Å². The number of nitrogens with zero attached hydrogens (tertiary/aromatic N) is 3. The van der Waals surface area contributed by atoms with Crippen LogP contribution in [0.3, 0.4) is 0 Å². The van der Waals surface area contributed by atoms with Crippen LogP contribution < -0.4 is 4.74 Å². The number of aromatic nitrogens is 3. The Balaban J connectivity index is 2.31. The van der Waals surface area contributed by atoms with Gasteiger partial charge in [-0.15, -0.1) is 0 Å². The zero-order valence-electron chi connectivity index (χ0n) is 8.12. The first-order chi connectivity index (χ1) is 7.56. The highest BCUT2D eigenvalue weighted by atomic mass is 19.2. The van der Waals surface area contributed by atoms with E-state index < -0.39 is 23.5 Å². The minimum atomic E-state index is -1.42. The molecule has 2 aromatic heterocycles. The van der Waals surface area contributed by atoms with Gasteiger partial charge in [-0.3, -0.25) is 4.68 Å². The molecular weight excluding hydrogens is 223 g/mol. The number of hydrogen-bond acceptors (Lipinski definition) is 3. The Morgan fingerprint density at radius 3 is 2.62 bits per heavy atom. The van der Waals surface area contributed by atoms with Gasteiger partial charge in [-0.2, -0.15) is 14.5 Å². The molecule has 0 bridgehead atoms. The summed E-state index contributed by atoms with van der Waals surface area (Å²) in [6.45, 7) is 0. The van der Waals surface area contributed by atoms with E-state index in [1.54, 1.807) is 7.05 Å². The Hall–Kier alpha value is -2.05. The van der Waals surface area contributed by atoms with E-state index in [9.17, 15) is 13.2 Å². The third kappa shape index (κ3) is 1.97. The standard InChI is InChI=1S/C9H6F3N3O/c1-15-4-5(3-13-15)16-9-7(11)2-6(10)8(12)14-9/h2-4H,1H3. The highest BCUT2D eigenvalue weighted by Gasteiger charge is 2.13. The van der Waals surface area contributed by atoms with Gasteiger partial charge in [0, 0.05) is 13.1 Å². The van der Waals surface area contributed by atoms with E-state index in [4.69, 9.17) is 4.74 Å². The minimum absolute atomic E-state index is 0.180. The van der Waals surface area contributed by atoms with Gasteiger partial charge in [0.05, 0.1) is 12.4 Å². The normalized spacial score (nSPS) is 10.5. The Morgan fingerprint density at radius 1 is 1.25 bits per heavy atom. The highest BCUT2D eigenvalue weighted by Crippen LogP contribution is 2.22. The fourth-order valence-corrected chi connectivity index (χ4v) is 1.06. The first kappa shape index (κ1) is 10.5. The van der Waals surface area contributed by atoms with Crippen molar-refractivity contribution in [1.82, 2.24) is 14.8 Å². The lowest BCUT2D eigenvalue weighted by molar-refractivity contribution is 0.387. The summed E-state index contributed by atoms with van der Waals surface area (Å²) in [5.74, 6) is -4.31. The molecule has 0 radical (unpaired) electrons. The molecule has 16 heavy (non-hydrogen) atoms. The average molecular weight is 229 g/mol. The smallest absolute Gasteiger partial charge is 0.258 e. The van der Waals surface area contributed by atoms with E-state index in [0.717, 1.165) is 0 Å². The van der Waals surface area contributed by atoms with Crippen LogP contribution in [0, 0.1) is 17.6 Å². The molecule has 0 N–H and O–H groups in total. The number of aryl methyl sites for hydroxylation is 1. The molecule has 0 amide bonds. The molecule has 0 aliphatic carbocycles. The van der Waals surface area contributed by atoms with Crippen LogP contribution in [0.2, 0.25) is 0 Å². The summed E-state index contributed by atoms with van der Waals surface area (Å²) in [4.78, 5) is 3.00. The van der Waals surface area contributed by atoms with Gasteiger partial charge < -0.3 is 4.74 Å². The third-order valence-corrected chi connectivity index (χ3v) is 1.75. The van der Waals surface area contributed by atoms with Crippen molar-refractivity contribution in [3.8, 4) is 11.6 Å². The third-order valence-electron chi connectivity index (χ3n) is 1.75. The van der Waals surface area contributed by atoms with E-state index in [0.29, 0.717) is 6.07 Å². The summed E-state index contributed by atoms with van der Waals surface area (Å²) in [6, 6.07) is 0.369. The molecule has 0 aliphatic rings. The maximum absolute atomic E-state index is 13.1. The van der Waals surface area contributed by atoms with Crippen molar-refractivity contribution < 1.29 is 17.9 Å². The number of pyridine rings is 1. The number of rotatable bonds is 2. The minimum Gasteiger partial charge on any atom is -0.433 e. The molecule has 0 saturated heterocycles. The molecule has 2 rings (SSSR count). The Kier molecular flexibility index (Phi) is 2.51. The predicted molar refractivity (Wildman–Crippen MR) is 47.4 cm³/mol. The number of halogens is 3. The van der Waals surface area contributed by atoms with E-state index in [-0.39, 0.29) is 5.75 Å². The Morgan fingerprint density at radius 2 is 2.00 bits per heavy atom. The van der Waals surface area contributed by atoms with E-state index >= 15 is 0 Å². The zero-order valence-corrected chi connectivity index (χ0v) is 8.12. The molecule has 7 heteroatoms. The van der Waals surface area contributed by atoms with Gasteiger partial charge in [0.2, 0.25) is 0 Å². The van der Waals surface area contributed by atoms with Crippen molar-refractivity contribution in [1.29, 1.82) is 0 Å². The van der Waals surface area contributed by atoms with Crippen LogP contribution in [0.1, 0.15) is 0 Å². The fraction of sp³-hybridized carbons (Fsp3) is 0.111. The second kappa shape index (κ2) is 3.84. The quantitative estimate of drug-likeness (QED) is 0.739. The van der Waals surface area contributed by atoms with Crippen molar-refractivity contribution >= 4 is 0 Å². The molecule has 0 aliphatic heterocycles. The maximum atomic E-state index is 13.1. The van der Waals surface area contributed by atoms with Crippen molar-refractivity contribution in [2.75, 3.05) is 0 Å². The van der Waals surface area contributed by atoms with Crippen LogP contribution in [0.5, 0.6) is 11.6 Å². The van der Waals surface area contributed by atoms with Crippen molar-refractivity contribution in [2.24, 2.45) is 7.05 Å². The molecule has 0 atom stereocenters. The van der Waals surface area contributed by atoms with E-state index in [2.05, 4.69) is 10.1 Å². The highest BCUT2D eigenvalue weighted by molar-refractivity contribution is 5.23. The lowest BCUT2D eigenvalue weighted by Gasteiger charge is -2.02. The molecule has 84 valence electrons. The number of hydrogen-bond donors (Lipinski definition) is 0. The fourth-order valence-electron chi connectivity index (χ4n) is 1.06. The first-order valence-electron chi connectivity index (χ1n) is 4.24. The molecule has 0 aromatic carbocycles. The van der Waals surface area contributed by atoms with Gasteiger partial charge in [0.1, 0.15) is 0 Å². The lowest BCUT2D eigenvalue weighted by Crippen LogP contribution is -1.97. The summed E-state index contributed by atoms with van der Waals surface area (Å²) < 4.78 is 44.7. The van der Waals surface area contributed by atoms with Crippen molar-refractivity contribution in [3.63, 3.8) is 0 Å². The Labute approximate surface area is 88.3 Å². The maximum Gasteiger partial charge on any atom is 0.258 e. The molecule has 0 fully saturated rings. The number of ether oxygens (including phenoxy) is 1. The van der Waals surface area contributed by atoms with Gasteiger partial charge in [-0.05, 0) is 0 Å². The SMILES string of the molecule is Cn1cc(Oc2nc(F)c(F)cc2F)cn1. The van der Waals surface area contributed by atoms with E-state index in [1.165, 1.54) is 17.1 Å². The summed E-state index contributed by atoms with van der Waals surface area (Å²) in [7, 11) is 1.63. The summed E-state index contributed by atoms with van der Waals surface area (Å²) in [5, 5.41) is 3.76. The van der Waals surface area contributed by atoms with Crippen LogP contribution in [-0.2, 0) is 7.05 Å². The van der Waals surface area contributed by atoms with Gasteiger partial charge in [0.15, 0.2) is 17.4 Å². The lowest BCUT2D eigenvalue weighted by atomic mass is 10.4.